The van der Waals surface area contributed by atoms with E-state index in [2.05, 4.69) is 27.5 Å². The van der Waals surface area contributed by atoms with Crippen molar-refractivity contribution in [2.24, 2.45) is 17.3 Å². The number of aromatic nitrogens is 2. The van der Waals surface area contributed by atoms with E-state index in [1.807, 2.05) is 25.7 Å². The number of amides is 3. The van der Waals surface area contributed by atoms with Gasteiger partial charge in [0.25, 0.3) is 5.91 Å². The van der Waals surface area contributed by atoms with Gasteiger partial charge in [-0.15, -0.1) is 0 Å². The van der Waals surface area contributed by atoms with Gasteiger partial charge < -0.3 is 15.5 Å². The summed E-state index contributed by atoms with van der Waals surface area (Å²) in [5.74, 6) is 0.343. The molecule has 3 atom stereocenters. The topological polar surface area (TPSA) is 104 Å². The standard InChI is InChI=1S/C24H37N5O3/c1-16-18(17-8-6-5-7-9-17)10-13-29(16)23(32)21(24(2,3)4)28-20(30)15-27-22(31)19-14-25-11-12-26-19/h11-12,14,16-18,21H,5-10,13,15H2,1-4H3,(H,27,31)(H,28,30)/t16-,18+,21-/m1/s1. The normalized spacial score (nSPS) is 22.9. The Morgan fingerprint density at radius 3 is 2.47 bits per heavy atom. The number of rotatable bonds is 6. The molecule has 1 aliphatic heterocycles. The number of nitrogens with one attached hydrogen (secondary N) is 2. The molecule has 2 aliphatic rings. The Morgan fingerprint density at radius 2 is 1.84 bits per heavy atom. The third-order valence-electron chi connectivity index (χ3n) is 6.98. The molecule has 0 unspecified atom stereocenters. The van der Waals surface area contributed by atoms with Crippen LogP contribution in [0.1, 0.15) is 76.7 Å². The van der Waals surface area contributed by atoms with E-state index >= 15 is 0 Å². The Bertz CT molecular complexity index is 802. The highest BCUT2D eigenvalue weighted by molar-refractivity contribution is 5.95. The number of carbonyl (C=O) groups excluding carboxylic acids is 3. The quantitative estimate of drug-likeness (QED) is 0.703. The van der Waals surface area contributed by atoms with E-state index in [4.69, 9.17) is 0 Å². The molecule has 176 valence electrons. The molecule has 8 nitrogen and oxygen atoms in total. The van der Waals surface area contributed by atoms with Gasteiger partial charge in [-0.2, -0.15) is 0 Å². The van der Waals surface area contributed by atoms with Gasteiger partial charge in [-0.1, -0.05) is 52.9 Å². The highest BCUT2D eigenvalue weighted by Crippen LogP contribution is 2.39. The van der Waals surface area contributed by atoms with Crippen LogP contribution in [0.4, 0.5) is 0 Å². The van der Waals surface area contributed by atoms with E-state index in [0.717, 1.165) is 13.0 Å². The smallest absolute Gasteiger partial charge is 0.271 e. The van der Waals surface area contributed by atoms with E-state index in [0.29, 0.717) is 11.8 Å². The maximum absolute atomic E-state index is 13.5. The molecule has 3 rings (SSSR count). The second-order valence-corrected chi connectivity index (χ2v) is 10.3. The van der Waals surface area contributed by atoms with Crippen molar-refractivity contribution in [3.63, 3.8) is 0 Å². The van der Waals surface area contributed by atoms with Crippen molar-refractivity contribution in [2.75, 3.05) is 13.1 Å². The lowest BCUT2D eigenvalue weighted by molar-refractivity contribution is -0.140. The van der Waals surface area contributed by atoms with Crippen molar-refractivity contribution in [3.05, 3.63) is 24.3 Å². The molecule has 0 spiro atoms. The zero-order valence-electron chi connectivity index (χ0n) is 19.8. The Labute approximate surface area is 191 Å². The summed E-state index contributed by atoms with van der Waals surface area (Å²) in [6, 6.07) is -0.473. The molecular formula is C24H37N5O3. The molecular weight excluding hydrogens is 406 g/mol. The minimum Gasteiger partial charge on any atom is -0.342 e. The molecule has 1 saturated heterocycles. The second-order valence-electron chi connectivity index (χ2n) is 10.3. The first-order valence-electron chi connectivity index (χ1n) is 11.8. The molecule has 0 bridgehead atoms. The van der Waals surface area contributed by atoms with Gasteiger partial charge in [0, 0.05) is 25.0 Å². The van der Waals surface area contributed by atoms with Gasteiger partial charge in [-0.3, -0.25) is 19.4 Å². The summed E-state index contributed by atoms with van der Waals surface area (Å²) in [6.07, 6.45) is 11.7. The van der Waals surface area contributed by atoms with E-state index in [9.17, 15) is 14.4 Å². The van der Waals surface area contributed by atoms with Crippen molar-refractivity contribution in [1.29, 1.82) is 0 Å². The predicted molar refractivity (Wildman–Crippen MR) is 122 cm³/mol. The molecule has 0 aromatic carbocycles. The average Bonchev–Trinajstić information content (AvgIpc) is 3.17. The first-order chi connectivity index (χ1) is 15.2. The van der Waals surface area contributed by atoms with Crippen molar-refractivity contribution >= 4 is 17.7 Å². The van der Waals surface area contributed by atoms with Gasteiger partial charge >= 0.3 is 0 Å². The lowest BCUT2D eigenvalue weighted by atomic mass is 9.77. The molecule has 8 heteroatoms. The predicted octanol–water partition coefficient (Wildman–Crippen LogP) is 2.55. The lowest BCUT2D eigenvalue weighted by Gasteiger charge is -2.37. The minimum absolute atomic E-state index is 0.0306. The number of hydrogen-bond donors (Lipinski definition) is 2. The maximum atomic E-state index is 13.5. The molecule has 1 aromatic rings. The van der Waals surface area contributed by atoms with Gasteiger partial charge in [-0.05, 0) is 30.6 Å². The van der Waals surface area contributed by atoms with Crippen LogP contribution < -0.4 is 10.6 Å². The van der Waals surface area contributed by atoms with Gasteiger partial charge in [0.2, 0.25) is 11.8 Å². The van der Waals surface area contributed by atoms with Gasteiger partial charge in [-0.25, -0.2) is 4.98 Å². The number of nitrogens with zero attached hydrogens (tertiary/aromatic N) is 3. The summed E-state index contributed by atoms with van der Waals surface area (Å²) in [7, 11) is 0. The number of carbonyl (C=O) groups is 3. The van der Waals surface area contributed by atoms with Crippen molar-refractivity contribution < 1.29 is 14.4 Å². The summed E-state index contributed by atoms with van der Waals surface area (Å²) in [5.41, 5.74) is -0.312. The first kappa shape index (κ1) is 24.1. The molecule has 1 aliphatic carbocycles. The van der Waals surface area contributed by atoms with Gasteiger partial charge in [0.05, 0.1) is 12.7 Å². The van der Waals surface area contributed by atoms with Crippen LogP contribution in [0.25, 0.3) is 0 Å². The van der Waals surface area contributed by atoms with E-state index in [1.165, 1.54) is 50.7 Å². The highest BCUT2D eigenvalue weighted by atomic mass is 16.2. The van der Waals surface area contributed by atoms with Crippen molar-refractivity contribution in [1.82, 2.24) is 25.5 Å². The highest BCUT2D eigenvalue weighted by Gasteiger charge is 2.43. The average molecular weight is 444 g/mol. The zero-order chi connectivity index (χ0) is 23.3. The summed E-state index contributed by atoms with van der Waals surface area (Å²) >= 11 is 0. The van der Waals surface area contributed by atoms with Crippen LogP contribution in [0.2, 0.25) is 0 Å². The fraction of sp³-hybridized carbons (Fsp3) is 0.708. The Balaban J connectivity index is 1.60. The molecule has 0 radical (unpaired) electrons. The van der Waals surface area contributed by atoms with Crippen molar-refractivity contribution in [3.8, 4) is 0 Å². The summed E-state index contributed by atoms with van der Waals surface area (Å²) in [6.45, 7) is 8.53. The van der Waals surface area contributed by atoms with Crippen molar-refractivity contribution in [2.45, 2.75) is 78.3 Å². The molecule has 2 N–H and O–H groups in total. The molecule has 2 fully saturated rings. The van der Waals surface area contributed by atoms with Crippen LogP contribution in [0.3, 0.4) is 0 Å². The third-order valence-corrected chi connectivity index (χ3v) is 6.98. The largest absolute Gasteiger partial charge is 0.342 e. The van der Waals surface area contributed by atoms with Crippen LogP contribution >= 0.6 is 0 Å². The lowest BCUT2D eigenvalue weighted by Crippen LogP contribution is -2.57. The monoisotopic (exact) mass is 443 g/mol. The summed E-state index contributed by atoms with van der Waals surface area (Å²) < 4.78 is 0. The fourth-order valence-corrected chi connectivity index (χ4v) is 5.16. The number of hydrogen-bond acceptors (Lipinski definition) is 5. The van der Waals surface area contributed by atoms with E-state index in [1.54, 1.807) is 0 Å². The van der Waals surface area contributed by atoms with Crippen LogP contribution in [-0.4, -0.2) is 57.8 Å². The van der Waals surface area contributed by atoms with E-state index in [-0.39, 0.29) is 24.2 Å². The van der Waals surface area contributed by atoms with Gasteiger partial charge in [0.1, 0.15) is 11.7 Å². The molecule has 3 amide bonds. The molecule has 1 aromatic heterocycles. The molecule has 32 heavy (non-hydrogen) atoms. The minimum atomic E-state index is -0.657. The number of likely N-dealkylation sites (tertiary alicyclic amines) is 1. The first-order valence-corrected chi connectivity index (χ1v) is 11.8. The fourth-order valence-electron chi connectivity index (χ4n) is 5.16. The summed E-state index contributed by atoms with van der Waals surface area (Å²) in [5, 5.41) is 5.42. The zero-order valence-corrected chi connectivity index (χ0v) is 19.8. The van der Waals surface area contributed by atoms with Crippen LogP contribution in [0.15, 0.2) is 18.6 Å². The molecule has 2 heterocycles. The maximum Gasteiger partial charge on any atom is 0.271 e. The Kier molecular flexibility index (Phi) is 7.85. The van der Waals surface area contributed by atoms with E-state index < -0.39 is 23.3 Å². The Morgan fingerprint density at radius 1 is 1.12 bits per heavy atom. The third kappa shape index (κ3) is 5.84. The van der Waals surface area contributed by atoms with Crippen LogP contribution in [-0.2, 0) is 9.59 Å². The molecule has 1 saturated carbocycles. The SMILES string of the molecule is C[C@@H]1[C@@H](C2CCCCC2)CCN1C(=O)[C@@H](NC(=O)CNC(=O)c1cnccn1)C(C)(C)C. The second kappa shape index (κ2) is 10.4. The van der Waals surface area contributed by atoms with Crippen LogP contribution in [0.5, 0.6) is 0 Å². The summed E-state index contributed by atoms with van der Waals surface area (Å²) in [4.78, 5) is 48.0. The van der Waals surface area contributed by atoms with Gasteiger partial charge in [0.15, 0.2) is 0 Å². The Hall–Kier alpha value is -2.51. The van der Waals surface area contributed by atoms with Crippen LogP contribution in [0, 0.1) is 17.3 Å².